The standard InChI is InChI=1S/C12H16N4/c1-8(2)16-9(3)14-15-12(16)10-4-6-11(13)7-5-10/h4-8H,13H2,1-3H3. The molecule has 2 rings (SSSR count). The highest BCUT2D eigenvalue weighted by molar-refractivity contribution is 5.59. The summed E-state index contributed by atoms with van der Waals surface area (Å²) >= 11 is 0. The summed E-state index contributed by atoms with van der Waals surface area (Å²) in [6.45, 7) is 6.21. The van der Waals surface area contributed by atoms with Crippen LogP contribution < -0.4 is 5.73 Å². The average Bonchev–Trinajstić information content (AvgIpc) is 2.61. The molecule has 0 aliphatic rings. The molecule has 0 spiro atoms. The van der Waals surface area contributed by atoms with Crippen LogP contribution in [0.25, 0.3) is 11.4 Å². The molecule has 0 bridgehead atoms. The third kappa shape index (κ3) is 1.78. The van der Waals surface area contributed by atoms with Gasteiger partial charge >= 0.3 is 0 Å². The monoisotopic (exact) mass is 216 g/mol. The van der Waals surface area contributed by atoms with Gasteiger partial charge in [0.2, 0.25) is 0 Å². The van der Waals surface area contributed by atoms with Crippen LogP contribution in [0.3, 0.4) is 0 Å². The Morgan fingerprint density at radius 1 is 1.12 bits per heavy atom. The molecule has 0 saturated carbocycles. The number of aryl methyl sites for hydroxylation is 1. The molecule has 4 heteroatoms. The van der Waals surface area contributed by atoms with Crippen LogP contribution >= 0.6 is 0 Å². The van der Waals surface area contributed by atoms with Gasteiger partial charge in [-0.25, -0.2) is 0 Å². The molecular weight excluding hydrogens is 200 g/mol. The molecule has 0 atom stereocenters. The van der Waals surface area contributed by atoms with Crippen LogP contribution in [0.15, 0.2) is 24.3 Å². The maximum Gasteiger partial charge on any atom is 0.164 e. The van der Waals surface area contributed by atoms with Crippen molar-refractivity contribution in [3.05, 3.63) is 30.1 Å². The zero-order chi connectivity index (χ0) is 11.7. The number of hydrogen-bond acceptors (Lipinski definition) is 3. The van der Waals surface area contributed by atoms with Gasteiger partial charge in [-0.2, -0.15) is 0 Å². The van der Waals surface area contributed by atoms with E-state index in [0.29, 0.717) is 6.04 Å². The average molecular weight is 216 g/mol. The van der Waals surface area contributed by atoms with Crippen LogP contribution in [-0.2, 0) is 0 Å². The molecule has 4 nitrogen and oxygen atoms in total. The molecule has 84 valence electrons. The quantitative estimate of drug-likeness (QED) is 0.784. The van der Waals surface area contributed by atoms with E-state index in [2.05, 4.69) is 28.6 Å². The van der Waals surface area contributed by atoms with Gasteiger partial charge in [-0.1, -0.05) is 0 Å². The van der Waals surface area contributed by atoms with E-state index in [4.69, 9.17) is 5.73 Å². The van der Waals surface area contributed by atoms with E-state index in [1.807, 2.05) is 31.2 Å². The van der Waals surface area contributed by atoms with Gasteiger partial charge in [-0.15, -0.1) is 10.2 Å². The molecule has 0 saturated heterocycles. The van der Waals surface area contributed by atoms with Crippen molar-refractivity contribution in [3.8, 4) is 11.4 Å². The number of benzene rings is 1. The van der Waals surface area contributed by atoms with Gasteiger partial charge in [-0.05, 0) is 45.0 Å². The number of rotatable bonds is 2. The van der Waals surface area contributed by atoms with E-state index in [0.717, 1.165) is 22.9 Å². The molecule has 0 amide bonds. The van der Waals surface area contributed by atoms with Crippen LogP contribution in [0.5, 0.6) is 0 Å². The van der Waals surface area contributed by atoms with E-state index < -0.39 is 0 Å². The Hall–Kier alpha value is -1.84. The Morgan fingerprint density at radius 3 is 2.31 bits per heavy atom. The highest BCUT2D eigenvalue weighted by Crippen LogP contribution is 2.22. The summed E-state index contributed by atoms with van der Waals surface area (Å²) in [7, 11) is 0. The van der Waals surface area contributed by atoms with E-state index in [-0.39, 0.29) is 0 Å². The fraction of sp³-hybridized carbons (Fsp3) is 0.333. The first kappa shape index (κ1) is 10.7. The first-order valence-electron chi connectivity index (χ1n) is 5.37. The third-order valence-electron chi connectivity index (χ3n) is 2.55. The molecule has 2 N–H and O–H groups in total. The summed E-state index contributed by atoms with van der Waals surface area (Å²) in [6, 6.07) is 8.05. The van der Waals surface area contributed by atoms with Crippen LogP contribution in [0.2, 0.25) is 0 Å². The Balaban J connectivity index is 2.52. The molecule has 1 aromatic carbocycles. The summed E-state index contributed by atoms with van der Waals surface area (Å²) in [5, 5.41) is 8.33. The molecule has 0 aliphatic heterocycles. The largest absolute Gasteiger partial charge is 0.399 e. The lowest BCUT2D eigenvalue weighted by atomic mass is 10.2. The Morgan fingerprint density at radius 2 is 1.75 bits per heavy atom. The molecule has 2 aromatic rings. The lowest BCUT2D eigenvalue weighted by molar-refractivity contribution is 0.587. The van der Waals surface area contributed by atoms with Crippen molar-refractivity contribution in [2.75, 3.05) is 5.73 Å². The van der Waals surface area contributed by atoms with Crippen molar-refractivity contribution in [3.63, 3.8) is 0 Å². The summed E-state index contributed by atoms with van der Waals surface area (Å²) in [5.41, 5.74) is 7.47. The van der Waals surface area contributed by atoms with Crippen molar-refractivity contribution in [1.82, 2.24) is 14.8 Å². The predicted molar refractivity (Wildman–Crippen MR) is 65.0 cm³/mol. The molecule has 1 heterocycles. The van der Waals surface area contributed by atoms with Crippen molar-refractivity contribution < 1.29 is 0 Å². The van der Waals surface area contributed by atoms with Gasteiger partial charge in [0.25, 0.3) is 0 Å². The summed E-state index contributed by atoms with van der Waals surface area (Å²) in [4.78, 5) is 0. The lowest BCUT2D eigenvalue weighted by Crippen LogP contribution is -2.05. The fourth-order valence-corrected chi connectivity index (χ4v) is 1.82. The van der Waals surface area contributed by atoms with E-state index in [9.17, 15) is 0 Å². The van der Waals surface area contributed by atoms with Crippen LogP contribution in [-0.4, -0.2) is 14.8 Å². The minimum atomic E-state index is 0.350. The highest BCUT2D eigenvalue weighted by Gasteiger charge is 2.12. The minimum Gasteiger partial charge on any atom is -0.399 e. The summed E-state index contributed by atoms with van der Waals surface area (Å²) < 4.78 is 2.12. The molecule has 0 fully saturated rings. The predicted octanol–water partition coefficient (Wildman–Crippen LogP) is 2.42. The molecule has 0 radical (unpaired) electrons. The van der Waals surface area contributed by atoms with Gasteiger partial charge in [0.05, 0.1) is 0 Å². The first-order valence-corrected chi connectivity index (χ1v) is 5.37. The summed E-state index contributed by atoms with van der Waals surface area (Å²) in [5.74, 6) is 1.83. The second-order valence-corrected chi connectivity index (χ2v) is 4.16. The van der Waals surface area contributed by atoms with Crippen molar-refractivity contribution in [1.29, 1.82) is 0 Å². The SMILES string of the molecule is Cc1nnc(-c2ccc(N)cc2)n1C(C)C. The smallest absolute Gasteiger partial charge is 0.164 e. The van der Waals surface area contributed by atoms with Gasteiger partial charge in [-0.3, -0.25) is 0 Å². The Bertz CT molecular complexity index is 482. The van der Waals surface area contributed by atoms with Crippen molar-refractivity contribution in [2.45, 2.75) is 26.8 Å². The second kappa shape index (κ2) is 3.96. The Labute approximate surface area is 95.1 Å². The van der Waals surface area contributed by atoms with Gasteiger partial charge in [0.1, 0.15) is 5.82 Å². The van der Waals surface area contributed by atoms with Gasteiger partial charge in [0.15, 0.2) is 5.82 Å². The highest BCUT2D eigenvalue weighted by atomic mass is 15.3. The van der Waals surface area contributed by atoms with Crippen molar-refractivity contribution in [2.24, 2.45) is 0 Å². The number of nitrogens with zero attached hydrogens (tertiary/aromatic N) is 3. The van der Waals surface area contributed by atoms with Gasteiger partial charge in [0, 0.05) is 17.3 Å². The number of nitrogen functional groups attached to an aromatic ring is 1. The number of nitrogens with two attached hydrogens (primary N) is 1. The molecule has 1 aromatic heterocycles. The fourth-order valence-electron chi connectivity index (χ4n) is 1.82. The molecule has 0 unspecified atom stereocenters. The molecular formula is C12H16N4. The number of hydrogen-bond donors (Lipinski definition) is 1. The first-order chi connectivity index (χ1) is 7.59. The zero-order valence-electron chi connectivity index (χ0n) is 9.81. The summed E-state index contributed by atoms with van der Waals surface area (Å²) in [6.07, 6.45) is 0. The minimum absolute atomic E-state index is 0.350. The maximum atomic E-state index is 5.66. The lowest BCUT2D eigenvalue weighted by Gasteiger charge is -2.12. The van der Waals surface area contributed by atoms with Crippen LogP contribution in [0, 0.1) is 6.92 Å². The normalized spacial score (nSPS) is 11.0. The number of aromatic nitrogens is 3. The van der Waals surface area contributed by atoms with Crippen LogP contribution in [0.1, 0.15) is 25.7 Å². The van der Waals surface area contributed by atoms with E-state index >= 15 is 0 Å². The maximum absolute atomic E-state index is 5.66. The third-order valence-corrected chi connectivity index (χ3v) is 2.55. The van der Waals surface area contributed by atoms with Crippen LogP contribution in [0.4, 0.5) is 5.69 Å². The Kier molecular flexibility index (Phi) is 2.64. The van der Waals surface area contributed by atoms with E-state index in [1.54, 1.807) is 0 Å². The van der Waals surface area contributed by atoms with Crippen molar-refractivity contribution >= 4 is 5.69 Å². The number of anilines is 1. The molecule has 16 heavy (non-hydrogen) atoms. The van der Waals surface area contributed by atoms with E-state index in [1.165, 1.54) is 0 Å². The van der Waals surface area contributed by atoms with Gasteiger partial charge < -0.3 is 10.3 Å². The topological polar surface area (TPSA) is 56.7 Å². The zero-order valence-corrected chi connectivity index (χ0v) is 9.81. The molecule has 0 aliphatic carbocycles. The second-order valence-electron chi connectivity index (χ2n) is 4.16.